The summed E-state index contributed by atoms with van der Waals surface area (Å²) in [6.07, 6.45) is 2.34. The van der Waals surface area contributed by atoms with Crippen LogP contribution in [-0.2, 0) is 17.7 Å². The van der Waals surface area contributed by atoms with Crippen molar-refractivity contribution in [1.82, 2.24) is 4.90 Å². The lowest BCUT2D eigenvalue weighted by Crippen LogP contribution is -2.38. The van der Waals surface area contributed by atoms with Crippen LogP contribution in [-0.4, -0.2) is 42.4 Å². The summed E-state index contributed by atoms with van der Waals surface area (Å²) in [5.41, 5.74) is 2.81. The Morgan fingerprint density at radius 2 is 2.17 bits per heavy atom. The standard InChI is InChI=1S/C15H21NO2/c1-2-9-18-12-15(17)11-16-8-7-13-5-3-4-6-14(13)10-16/h2-6,15,17H,1,7-12H2. The van der Waals surface area contributed by atoms with Gasteiger partial charge in [-0.3, -0.25) is 4.90 Å². The van der Waals surface area contributed by atoms with Gasteiger partial charge in [-0.15, -0.1) is 6.58 Å². The fourth-order valence-corrected chi connectivity index (χ4v) is 2.35. The van der Waals surface area contributed by atoms with Crippen molar-refractivity contribution in [2.24, 2.45) is 0 Å². The molecule has 0 aliphatic carbocycles. The second-order valence-corrected chi connectivity index (χ2v) is 4.73. The highest BCUT2D eigenvalue weighted by Crippen LogP contribution is 2.18. The molecule has 0 spiro atoms. The van der Waals surface area contributed by atoms with E-state index in [1.54, 1.807) is 6.08 Å². The number of hydrogen-bond donors (Lipinski definition) is 1. The summed E-state index contributed by atoms with van der Waals surface area (Å²) in [5.74, 6) is 0. The monoisotopic (exact) mass is 247 g/mol. The number of β-amino-alcohol motifs (C(OH)–C–C–N with tert-alkyl or cyclic N) is 1. The maximum Gasteiger partial charge on any atom is 0.0900 e. The zero-order chi connectivity index (χ0) is 12.8. The molecule has 1 atom stereocenters. The molecule has 98 valence electrons. The lowest BCUT2D eigenvalue weighted by Gasteiger charge is -2.30. The molecule has 1 unspecified atom stereocenters. The Balaban J connectivity index is 1.80. The lowest BCUT2D eigenvalue weighted by molar-refractivity contribution is 0.0236. The minimum atomic E-state index is -0.421. The number of nitrogens with zero attached hydrogens (tertiary/aromatic N) is 1. The van der Waals surface area contributed by atoms with Crippen LogP contribution in [0.5, 0.6) is 0 Å². The van der Waals surface area contributed by atoms with Gasteiger partial charge in [0.2, 0.25) is 0 Å². The third kappa shape index (κ3) is 3.67. The molecule has 0 radical (unpaired) electrons. The molecule has 0 saturated heterocycles. The fourth-order valence-electron chi connectivity index (χ4n) is 2.35. The van der Waals surface area contributed by atoms with E-state index >= 15 is 0 Å². The number of aliphatic hydroxyl groups is 1. The van der Waals surface area contributed by atoms with E-state index in [4.69, 9.17) is 4.74 Å². The Hall–Kier alpha value is -1.16. The van der Waals surface area contributed by atoms with E-state index in [1.807, 2.05) is 0 Å². The number of fused-ring (bicyclic) bond motifs is 1. The fraction of sp³-hybridized carbons (Fsp3) is 0.467. The third-order valence-electron chi connectivity index (χ3n) is 3.22. The minimum Gasteiger partial charge on any atom is -0.389 e. The van der Waals surface area contributed by atoms with Crippen molar-refractivity contribution in [3.63, 3.8) is 0 Å². The highest BCUT2D eigenvalue weighted by atomic mass is 16.5. The van der Waals surface area contributed by atoms with E-state index in [1.165, 1.54) is 11.1 Å². The summed E-state index contributed by atoms with van der Waals surface area (Å²) in [7, 11) is 0. The minimum absolute atomic E-state index is 0.379. The Morgan fingerprint density at radius 3 is 2.94 bits per heavy atom. The van der Waals surface area contributed by atoms with Crippen LogP contribution in [0.2, 0.25) is 0 Å². The predicted molar refractivity (Wildman–Crippen MR) is 72.4 cm³/mol. The van der Waals surface area contributed by atoms with Gasteiger partial charge in [-0.2, -0.15) is 0 Å². The van der Waals surface area contributed by atoms with Gasteiger partial charge in [-0.05, 0) is 17.5 Å². The van der Waals surface area contributed by atoms with Crippen molar-refractivity contribution in [2.75, 3.05) is 26.3 Å². The molecule has 0 saturated carbocycles. The first kappa shape index (κ1) is 13.3. The van der Waals surface area contributed by atoms with E-state index in [9.17, 15) is 5.11 Å². The highest BCUT2D eigenvalue weighted by Gasteiger charge is 2.18. The second kappa shape index (κ2) is 6.69. The Labute approximate surface area is 109 Å². The van der Waals surface area contributed by atoms with Crippen molar-refractivity contribution >= 4 is 0 Å². The number of ether oxygens (including phenoxy) is 1. The molecule has 1 aliphatic heterocycles. The molecule has 0 fully saturated rings. The van der Waals surface area contributed by atoms with E-state index in [-0.39, 0.29) is 0 Å². The first-order valence-electron chi connectivity index (χ1n) is 6.45. The predicted octanol–water partition coefficient (Wildman–Crippen LogP) is 1.61. The molecule has 1 aliphatic rings. The maximum absolute atomic E-state index is 9.88. The van der Waals surface area contributed by atoms with Gasteiger partial charge in [0.15, 0.2) is 0 Å². The van der Waals surface area contributed by atoms with Gasteiger partial charge in [0.05, 0.1) is 19.3 Å². The number of hydrogen-bond acceptors (Lipinski definition) is 3. The van der Waals surface area contributed by atoms with Crippen LogP contribution < -0.4 is 0 Å². The molecule has 2 rings (SSSR count). The number of rotatable bonds is 6. The quantitative estimate of drug-likeness (QED) is 0.612. The van der Waals surface area contributed by atoms with Crippen LogP contribution in [0.25, 0.3) is 0 Å². The maximum atomic E-state index is 9.88. The van der Waals surface area contributed by atoms with Gasteiger partial charge >= 0.3 is 0 Å². The summed E-state index contributed by atoms with van der Waals surface area (Å²) in [4.78, 5) is 2.28. The number of aliphatic hydroxyl groups excluding tert-OH is 1. The van der Waals surface area contributed by atoms with Gasteiger partial charge < -0.3 is 9.84 Å². The van der Waals surface area contributed by atoms with Crippen molar-refractivity contribution in [1.29, 1.82) is 0 Å². The topological polar surface area (TPSA) is 32.7 Å². The molecule has 3 nitrogen and oxygen atoms in total. The Kier molecular flexibility index (Phi) is 4.93. The summed E-state index contributed by atoms with van der Waals surface area (Å²) in [6, 6.07) is 8.52. The molecule has 1 aromatic rings. The third-order valence-corrected chi connectivity index (χ3v) is 3.22. The molecule has 18 heavy (non-hydrogen) atoms. The van der Waals surface area contributed by atoms with Crippen molar-refractivity contribution in [2.45, 2.75) is 19.1 Å². The molecule has 3 heteroatoms. The normalized spacial score (nSPS) is 17.2. The summed E-state index contributed by atoms with van der Waals surface area (Å²) >= 11 is 0. The van der Waals surface area contributed by atoms with Crippen LogP contribution >= 0.6 is 0 Å². The molecule has 0 amide bonds. The average molecular weight is 247 g/mol. The highest BCUT2D eigenvalue weighted by molar-refractivity contribution is 5.29. The molecule has 1 N–H and O–H groups in total. The van der Waals surface area contributed by atoms with E-state index in [0.29, 0.717) is 19.8 Å². The largest absolute Gasteiger partial charge is 0.389 e. The van der Waals surface area contributed by atoms with Gasteiger partial charge in [0, 0.05) is 19.6 Å². The van der Waals surface area contributed by atoms with Gasteiger partial charge in [0.25, 0.3) is 0 Å². The molecular weight excluding hydrogens is 226 g/mol. The summed E-state index contributed by atoms with van der Waals surface area (Å²) < 4.78 is 5.26. The van der Waals surface area contributed by atoms with Gasteiger partial charge in [-0.1, -0.05) is 30.3 Å². The van der Waals surface area contributed by atoms with Gasteiger partial charge in [0.1, 0.15) is 0 Å². The average Bonchev–Trinajstić information content (AvgIpc) is 2.39. The molecular formula is C15H21NO2. The van der Waals surface area contributed by atoms with Crippen LogP contribution in [0.4, 0.5) is 0 Å². The summed E-state index contributed by atoms with van der Waals surface area (Å²) in [5, 5.41) is 9.88. The molecule has 0 bridgehead atoms. The molecule has 1 aromatic carbocycles. The zero-order valence-electron chi connectivity index (χ0n) is 10.7. The summed E-state index contributed by atoms with van der Waals surface area (Å²) in [6.45, 7) is 7.07. The van der Waals surface area contributed by atoms with Crippen molar-refractivity contribution in [3.8, 4) is 0 Å². The molecule has 1 heterocycles. The second-order valence-electron chi connectivity index (χ2n) is 4.73. The Bertz CT molecular complexity index is 392. The lowest BCUT2D eigenvalue weighted by atomic mass is 10.00. The van der Waals surface area contributed by atoms with Crippen LogP contribution in [0.3, 0.4) is 0 Å². The van der Waals surface area contributed by atoms with Crippen molar-refractivity contribution < 1.29 is 9.84 Å². The van der Waals surface area contributed by atoms with Crippen LogP contribution in [0.15, 0.2) is 36.9 Å². The SMILES string of the molecule is C=CCOCC(O)CN1CCc2ccccc2C1. The number of benzene rings is 1. The van der Waals surface area contributed by atoms with Crippen molar-refractivity contribution in [3.05, 3.63) is 48.0 Å². The van der Waals surface area contributed by atoms with E-state index in [2.05, 4.69) is 35.7 Å². The van der Waals surface area contributed by atoms with Crippen LogP contribution in [0, 0.1) is 0 Å². The smallest absolute Gasteiger partial charge is 0.0900 e. The van der Waals surface area contributed by atoms with Gasteiger partial charge in [-0.25, -0.2) is 0 Å². The zero-order valence-corrected chi connectivity index (χ0v) is 10.7. The van der Waals surface area contributed by atoms with E-state index < -0.39 is 6.10 Å². The molecule has 0 aromatic heterocycles. The first-order valence-corrected chi connectivity index (χ1v) is 6.45. The Morgan fingerprint density at radius 1 is 1.39 bits per heavy atom. The first-order chi connectivity index (χ1) is 8.79. The van der Waals surface area contributed by atoms with E-state index in [0.717, 1.165) is 19.5 Å². The van der Waals surface area contributed by atoms with Crippen LogP contribution in [0.1, 0.15) is 11.1 Å².